The number of hydrogen-bond acceptors (Lipinski definition) is 12. The van der Waals surface area contributed by atoms with Crippen LogP contribution in [0, 0.1) is 17.8 Å². The zero-order valence-corrected chi connectivity index (χ0v) is 34.7. The number of esters is 2. The first kappa shape index (κ1) is 41.5. The van der Waals surface area contributed by atoms with Gasteiger partial charge in [0, 0.05) is 47.5 Å². The number of aliphatic hydroxyl groups is 1. The molecule has 5 N–H and O–H groups in total. The molecule has 0 bridgehead atoms. The third kappa shape index (κ3) is 7.39. The SMILES string of the molecule is CCc1c2c(nc3ccc(O)cc13)-c1cc3c(c(=O)n1C2)COC(=O)C3(CC)OC(=O)C1CCN(C(=O)Cc2ccc(N=C(NN)C3=CC(C(C)C)C(=O)CC3O)cc2)CC1. The number of piperidine rings is 1. The van der Waals surface area contributed by atoms with Crippen LogP contribution in [0.5, 0.6) is 5.75 Å². The monoisotopic (exact) mass is 830 g/mol. The van der Waals surface area contributed by atoms with Crippen molar-refractivity contribution < 1.29 is 38.9 Å². The van der Waals surface area contributed by atoms with Crippen LogP contribution in [0.3, 0.4) is 0 Å². The van der Waals surface area contributed by atoms with Gasteiger partial charge in [-0.2, -0.15) is 0 Å². The molecular formula is C46H50N6O9. The van der Waals surface area contributed by atoms with Gasteiger partial charge < -0.3 is 34.6 Å². The number of hydrazine groups is 1. The number of carbonyl (C=O) groups excluding carboxylic acids is 4. The summed E-state index contributed by atoms with van der Waals surface area (Å²) < 4.78 is 13.3. The molecule has 0 spiro atoms. The number of amidine groups is 1. The van der Waals surface area contributed by atoms with Gasteiger partial charge in [0.25, 0.3) is 5.56 Å². The Balaban J connectivity index is 0.947. The number of phenols is 1. The fourth-order valence-electron chi connectivity index (χ4n) is 9.25. The molecule has 61 heavy (non-hydrogen) atoms. The molecule has 5 heterocycles. The van der Waals surface area contributed by atoms with Crippen molar-refractivity contribution in [2.75, 3.05) is 13.1 Å². The normalized spacial score (nSPS) is 21.5. The number of carbonyl (C=O) groups is 4. The van der Waals surface area contributed by atoms with E-state index in [1.54, 1.807) is 71.0 Å². The van der Waals surface area contributed by atoms with Gasteiger partial charge in [-0.3, -0.25) is 19.2 Å². The molecule has 3 unspecified atom stereocenters. The highest BCUT2D eigenvalue weighted by Gasteiger charge is 2.51. The number of nitrogens with two attached hydrogens (primary N) is 1. The van der Waals surface area contributed by atoms with Gasteiger partial charge >= 0.3 is 11.9 Å². The number of phenolic OH excluding ortho intramolecular Hbond substituents is 1. The minimum absolute atomic E-state index is 0.0117. The average Bonchev–Trinajstić information content (AvgIpc) is 3.62. The van der Waals surface area contributed by atoms with E-state index < -0.39 is 29.6 Å². The lowest BCUT2D eigenvalue weighted by Gasteiger charge is -2.38. The number of Topliss-reactive ketones (excluding diaryl/α,β-unsaturated/α-hetero) is 1. The van der Waals surface area contributed by atoms with E-state index >= 15 is 0 Å². The second kappa shape index (κ2) is 16.3. The first-order valence-corrected chi connectivity index (χ1v) is 20.9. The van der Waals surface area contributed by atoms with E-state index in [2.05, 4.69) is 10.4 Å². The largest absolute Gasteiger partial charge is 0.508 e. The summed E-state index contributed by atoms with van der Waals surface area (Å²) >= 11 is 0. The molecule has 4 aromatic rings. The van der Waals surface area contributed by atoms with E-state index in [0.29, 0.717) is 66.1 Å². The summed E-state index contributed by atoms with van der Waals surface area (Å²) in [7, 11) is 0. The number of rotatable bonds is 9. The third-order valence-electron chi connectivity index (χ3n) is 12.7. The van der Waals surface area contributed by atoms with Gasteiger partial charge in [0.2, 0.25) is 11.5 Å². The van der Waals surface area contributed by atoms with Crippen molar-refractivity contribution in [3.63, 3.8) is 0 Å². The lowest BCUT2D eigenvalue weighted by molar-refractivity contribution is -0.192. The summed E-state index contributed by atoms with van der Waals surface area (Å²) in [6, 6.07) is 13.8. The molecule has 15 heteroatoms. The van der Waals surface area contributed by atoms with Gasteiger partial charge in [-0.1, -0.05) is 45.9 Å². The van der Waals surface area contributed by atoms with Crippen LogP contribution < -0.4 is 16.8 Å². The van der Waals surface area contributed by atoms with E-state index in [0.717, 1.165) is 22.1 Å². The molecule has 1 saturated heterocycles. The minimum atomic E-state index is -1.84. The summed E-state index contributed by atoms with van der Waals surface area (Å²) in [5.41, 5.74) is 6.31. The van der Waals surface area contributed by atoms with Crippen molar-refractivity contribution >= 4 is 46.1 Å². The number of aliphatic imine (C=N–C) groups is 1. The number of aryl methyl sites for hydroxylation is 1. The van der Waals surface area contributed by atoms with Gasteiger partial charge in [-0.05, 0) is 79.1 Å². The number of aromatic nitrogens is 2. The predicted molar refractivity (Wildman–Crippen MR) is 225 cm³/mol. The Hall–Kier alpha value is -6.19. The number of aliphatic hydroxyl groups excluding tert-OH is 1. The molecule has 4 aliphatic rings. The molecule has 0 radical (unpaired) electrons. The van der Waals surface area contributed by atoms with E-state index in [1.807, 2.05) is 20.8 Å². The molecular weight excluding hydrogens is 781 g/mol. The number of fused-ring (bicyclic) bond motifs is 5. The number of pyridine rings is 2. The maximum Gasteiger partial charge on any atom is 0.355 e. The molecule has 3 atom stereocenters. The standard InChI is InChI=1S/C46H50N6O9/c1-5-29-31-18-28(53)11-12-36(31)49-41-33(29)22-52-37(41)20-35-34(43(52)57)23-60-45(59)46(35,6-2)61-44(58)26-13-15-51(16-14-26)40(56)17-25-7-9-27(10-8-25)48-42(50-47)32-19-30(24(3)4)38(54)21-39(32)55/h7-12,18-20,24,26,30,39,53,55H,5-6,13-17,21-23,47H2,1-4H3,(H,48,50). The number of allylic oxidation sites excluding steroid dienone is 1. The Morgan fingerprint density at radius 1 is 1.07 bits per heavy atom. The number of aromatic hydroxyl groups is 1. The number of nitrogens with zero attached hydrogens (tertiary/aromatic N) is 4. The quantitative estimate of drug-likeness (QED) is 0.0535. The number of cyclic esters (lactones) is 1. The molecule has 0 saturated carbocycles. The van der Waals surface area contributed by atoms with Crippen LogP contribution in [0.1, 0.15) is 81.2 Å². The topological polar surface area (TPSA) is 216 Å². The fraction of sp³-hybridized carbons (Fsp3) is 0.413. The first-order chi connectivity index (χ1) is 29.3. The highest BCUT2D eigenvalue weighted by Crippen LogP contribution is 2.43. The van der Waals surface area contributed by atoms with Gasteiger partial charge in [-0.25, -0.2) is 20.6 Å². The molecule has 3 aliphatic heterocycles. The average molecular weight is 831 g/mol. The van der Waals surface area contributed by atoms with Crippen molar-refractivity contribution in [1.29, 1.82) is 0 Å². The fourth-order valence-corrected chi connectivity index (χ4v) is 9.25. The van der Waals surface area contributed by atoms with Gasteiger partial charge in [0.1, 0.15) is 24.0 Å². The van der Waals surface area contributed by atoms with Crippen LogP contribution in [0.4, 0.5) is 5.69 Å². The van der Waals surface area contributed by atoms with Crippen LogP contribution in [0.2, 0.25) is 0 Å². The van der Waals surface area contributed by atoms with Crippen LogP contribution in [0.25, 0.3) is 22.3 Å². The van der Waals surface area contributed by atoms with Crippen LogP contribution in [-0.4, -0.2) is 73.3 Å². The summed E-state index contributed by atoms with van der Waals surface area (Å²) in [5, 5.41) is 21.6. The zero-order chi connectivity index (χ0) is 43.3. The maximum atomic E-state index is 14.1. The highest BCUT2D eigenvalue weighted by molar-refractivity contribution is 6.03. The Morgan fingerprint density at radius 3 is 2.48 bits per heavy atom. The Labute approximate surface area is 352 Å². The van der Waals surface area contributed by atoms with E-state index in [1.165, 1.54) is 0 Å². The van der Waals surface area contributed by atoms with Crippen molar-refractivity contribution in [3.8, 4) is 17.1 Å². The number of likely N-dealkylation sites (tertiary alicyclic amines) is 1. The molecule has 1 aliphatic carbocycles. The van der Waals surface area contributed by atoms with Gasteiger partial charge in [-0.15, -0.1) is 0 Å². The van der Waals surface area contributed by atoms with Crippen molar-refractivity contribution in [1.82, 2.24) is 19.9 Å². The Bertz CT molecular complexity index is 2590. The van der Waals surface area contributed by atoms with Crippen LogP contribution >= 0.6 is 0 Å². The van der Waals surface area contributed by atoms with E-state index in [-0.39, 0.29) is 78.6 Å². The number of ether oxygens (including phenoxy) is 2. The summed E-state index contributed by atoms with van der Waals surface area (Å²) in [4.78, 5) is 78.8. The highest BCUT2D eigenvalue weighted by atomic mass is 16.6. The van der Waals surface area contributed by atoms with Gasteiger partial charge in [0.15, 0.2) is 0 Å². The molecule has 1 fully saturated rings. The van der Waals surface area contributed by atoms with Crippen molar-refractivity contribution in [3.05, 3.63) is 98.4 Å². The van der Waals surface area contributed by atoms with Crippen molar-refractivity contribution in [2.24, 2.45) is 28.6 Å². The zero-order valence-electron chi connectivity index (χ0n) is 34.7. The molecule has 1 amide bonds. The predicted octanol–water partition coefficient (Wildman–Crippen LogP) is 4.41. The first-order valence-electron chi connectivity index (χ1n) is 20.9. The second-order valence-electron chi connectivity index (χ2n) is 16.6. The third-order valence-corrected chi connectivity index (χ3v) is 12.7. The van der Waals surface area contributed by atoms with Crippen LogP contribution in [-0.2, 0) is 60.2 Å². The molecule has 8 rings (SSSR count). The lowest BCUT2D eigenvalue weighted by atomic mass is 9.80. The van der Waals surface area contributed by atoms with E-state index in [4.69, 9.17) is 20.3 Å². The number of hydrogen-bond donors (Lipinski definition) is 4. The summed E-state index contributed by atoms with van der Waals surface area (Å²) in [6.45, 7) is 8.26. The number of nitrogens with one attached hydrogen (secondary N) is 1. The van der Waals surface area contributed by atoms with Gasteiger partial charge in [0.05, 0.1) is 53.1 Å². The van der Waals surface area contributed by atoms with Crippen molar-refractivity contribution in [2.45, 2.75) is 91.1 Å². The smallest absolute Gasteiger partial charge is 0.355 e. The number of ketones is 1. The summed E-state index contributed by atoms with van der Waals surface area (Å²) in [5.74, 6) is 3.82. The van der Waals surface area contributed by atoms with Crippen LogP contribution in [0.15, 0.2) is 70.0 Å². The maximum absolute atomic E-state index is 14.1. The number of benzene rings is 2. The Morgan fingerprint density at radius 2 is 1.80 bits per heavy atom. The molecule has 15 nitrogen and oxygen atoms in total. The second-order valence-corrected chi connectivity index (χ2v) is 16.6. The van der Waals surface area contributed by atoms with E-state index in [9.17, 15) is 34.2 Å². The summed E-state index contributed by atoms with van der Waals surface area (Å²) in [6.07, 6.45) is 2.15. The minimum Gasteiger partial charge on any atom is -0.508 e. The molecule has 2 aromatic heterocycles. The lowest BCUT2D eigenvalue weighted by Crippen LogP contribution is -2.49. The number of amides is 1. The Kier molecular flexibility index (Phi) is 11.1. The molecule has 318 valence electrons. The molecule has 2 aromatic carbocycles.